The third-order valence-electron chi connectivity index (χ3n) is 6.53. The number of thiazole rings is 1. The first-order valence-electron chi connectivity index (χ1n) is 13.9. The first-order chi connectivity index (χ1) is 21.4. The highest BCUT2D eigenvalue weighted by Gasteiger charge is 2.15. The first-order valence-corrected chi connectivity index (χ1v) is 14.7. The molecule has 0 amide bonds. The lowest BCUT2D eigenvalue weighted by atomic mass is 10.1. The maximum atomic E-state index is 12.8. The summed E-state index contributed by atoms with van der Waals surface area (Å²) < 4.78 is 22.8. The number of rotatable bonds is 12. The van der Waals surface area contributed by atoms with Gasteiger partial charge in [0, 0.05) is 11.6 Å². The fourth-order valence-electron chi connectivity index (χ4n) is 4.19. The van der Waals surface area contributed by atoms with Crippen LogP contribution in [0.4, 0.5) is 0 Å². The van der Waals surface area contributed by atoms with Gasteiger partial charge in [0.05, 0.1) is 34.6 Å². The Bertz CT molecular complexity index is 1760. The van der Waals surface area contributed by atoms with E-state index < -0.39 is 17.9 Å². The van der Waals surface area contributed by atoms with Crippen molar-refractivity contribution in [1.82, 2.24) is 4.98 Å². The van der Waals surface area contributed by atoms with Crippen LogP contribution in [0.2, 0.25) is 0 Å². The molecule has 9 heteroatoms. The van der Waals surface area contributed by atoms with Crippen LogP contribution in [-0.4, -0.2) is 36.1 Å². The average Bonchev–Trinajstić information content (AvgIpc) is 3.48. The van der Waals surface area contributed by atoms with Crippen molar-refractivity contribution in [2.45, 2.75) is 19.8 Å². The summed E-state index contributed by atoms with van der Waals surface area (Å²) >= 11 is 1.61. The van der Waals surface area contributed by atoms with Crippen molar-refractivity contribution >= 4 is 39.5 Å². The molecule has 0 aliphatic carbocycles. The number of para-hydroxylation sites is 1. The first kappa shape index (κ1) is 30.2. The van der Waals surface area contributed by atoms with Gasteiger partial charge in [0.2, 0.25) is 0 Å². The largest absolute Gasteiger partial charge is 0.494 e. The van der Waals surface area contributed by atoms with Gasteiger partial charge in [0.15, 0.2) is 0 Å². The lowest BCUT2D eigenvalue weighted by Crippen LogP contribution is -2.11. The summed E-state index contributed by atoms with van der Waals surface area (Å²) in [4.78, 5) is 41.2. The molecule has 222 valence electrons. The number of carbonyl (C=O) groups excluding carboxylic acids is 3. The summed E-state index contributed by atoms with van der Waals surface area (Å²) in [7, 11) is 0. The highest BCUT2D eigenvalue weighted by atomic mass is 32.1. The van der Waals surface area contributed by atoms with Gasteiger partial charge in [0.1, 0.15) is 22.3 Å². The number of ether oxygens (including phenoxy) is 4. The molecule has 1 heterocycles. The van der Waals surface area contributed by atoms with Crippen LogP contribution in [-0.2, 0) is 9.53 Å². The van der Waals surface area contributed by atoms with Crippen LogP contribution in [0, 0.1) is 6.92 Å². The second-order valence-electron chi connectivity index (χ2n) is 9.72. The van der Waals surface area contributed by atoms with Crippen molar-refractivity contribution in [1.29, 1.82) is 0 Å². The predicted molar refractivity (Wildman–Crippen MR) is 168 cm³/mol. The molecule has 0 saturated heterocycles. The van der Waals surface area contributed by atoms with Crippen LogP contribution < -0.4 is 14.2 Å². The normalized spacial score (nSPS) is 10.7. The Labute approximate surface area is 258 Å². The van der Waals surface area contributed by atoms with Crippen LogP contribution in [0.25, 0.3) is 20.8 Å². The van der Waals surface area contributed by atoms with Crippen molar-refractivity contribution in [2.75, 3.05) is 13.2 Å². The maximum absolute atomic E-state index is 12.8. The molecular formula is C35H29NO7S. The predicted octanol–water partition coefficient (Wildman–Crippen LogP) is 7.60. The van der Waals surface area contributed by atoms with Crippen molar-refractivity contribution in [3.05, 3.63) is 120 Å². The number of aromatic nitrogens is 1. The van der Waals surface area contributed by atoms with Crippen LogP contribution >= 0.6 is 11.3 Å². The number of carbonyl (C=O) groups is 3. The fraction of sp³-hybridized carbons (Fsp3) is 0.143. The van der Waals surface area contributed by atoms with Gasteiger partial charge in [-0.05, 0) is 104 Å². The minimum Gasteiger partial charge on any atom is -0.494 e. The average molecular weight is 608 g/mol. The molecule has 1 aromatic heterocycles. The Morgan fingerprint density at radius 1 is 0.795 bits per heavy atom. The number of hydrogen-bond donors (Lipinski definition) is 0. The molecule has 5 rings (SSSR count). The van der Waals surface area contributed by atoms with E-state index in [1.165, 1.54) is 0 Å². The minimum absolute atomic E-state index is 0.306. The maximum Gasteiger partial charge on any atom is 0.343 e. The zero-order chi connectivity index (χ0) is 30.9. The summed E-state index contributed by atoms with van der Waals surface area (Å²) in [5.74, 6) is -0.144. The second kappa shape index (κ2) is 14.3. The molecule has 44 heavy (non-hydrogen) atoms. The molecule has 0 bridgehead atoms. The van der Waals surface area contributed by atoms with Crippen LogP contribution in [0.15, 0.2) is 104 Å². The van der Waals surface area contributed by atoms with Crippen molar-refractivity contribution in [3.63, 3.8) is 0 Å². The van der Waals surface area contributed by atoms with Gasteiger partial charge < -0.3 is 18.9 Å². The molecule has 0 spiro atoms. The molecule has 0 N–H and O–H groups in total. The zero-order valence-electron chi connectivity index (χ0n) is 24.0. The quantitative estimate of drug-likeness (QED) is 0.0619. The standard InChI is InChI=1S/C35H29NO7S/c1-3-32(37)41-21-7-6-20-40-27-15-12-25(13-16-27)34(38)43-30-19-14-26(22-23(30)2)35(39)42-28-17-10-24(11-18-28)33-36-29-8-4-5-9-31(29)44-33/h3-5,8-19,22H,1,6-7,20-21H2,2H3. The zero-order valence-corrected chi connectivity index (χ0v) is 24.8. The lowest BCUT2D eigenvalue weighted by Gasteiger charge is -2.10. The van der Waals surface area contributed by atoms with Crippen LogP contribution in [0.1, 0.15) is 39.1 Å². The van der Waals surface area contributed by atoms with E-state index in [0.29, 0.717) is 60.0 Å². The smallest absolute Gasteiger partial charge is 0.343 e. The molecule has 0 fully saturated rings. The van der Waals surface area contributed by atoms with E-state index in [4.69, 9.17) is 18.9 Å². The summed E-state index contributed by atoms with van der Waals surface area (Å²) in [6.07, 6.45) is 2.50. The van der Waals surface area contributed by atoms with E-state index in [-0.39, 0.29) is 0 Å². The topological polar surface area (TPSA) is 101 Å². The van der Waals surface area contributed by atoms with Gasteiger partial charge in [-0.3, -0.25) is 0 Å². The van der Waals surface area contributed by atoms with E-state index in [1.54, 1.807) is 72.9 Å². The third kappa shape index (κ3) is 7.76. The molecule has 0 atom stereocenters. The van der Waals surface area contributed by atoms with E-state index in [0.717, 1.165) is 26.9 Å². The van der Waals surface area contributed by atoms with E-state index in [2.05, 4.69) is 11.6 Å². The Morgan fingerprint density at radius 2 is 1.48 bits per heavy atom. The molecule has 0 aliphatic heterocycles. The highest BCUT2D eigenvalue weighted by Crippen LogP contribution is 2.31. The third-order valence-corrected chi connectivity index (χ3v) is 7.61. The SMILES string of the molecule is C=CC(=O)OCCCCOc1ccc(C(=O)Oc2ccc(C(=O)Oc3ccc(-c4nc5ccccc5s4)cc3)cc2C)cc1. The Hall–Kier alpha value is -5.28. The fourth-order valence-corrected chi connectivity index (χ4v) is 5.16. The summed E-state index contributed by atoms with van der Waals surface area (Å²) in [5.41, 5.74) is 3.18. The van der Waals surface area contributed by atoms with E-state index in [1.807, 2.05) is 36.4 Å². The van der Waals surface area contributed by atoms with E-state index in [9.17, 15) is 14.4 Å². The lowest BCUT2D eigenvalue weighted by molar-refractivity contribution is -0.137. The van der Waals surface area contributed by atoms with Crippen molar-refractivity contribution < 1.29 is 33.3 Å². The number of benzene rings is 4. The number of nitrogens with zero attached hydrogens (tertiary/aromatic N) is 1. The van der Waals surface area contributed by atoms with Gasteiger partial charge in [-0.2, -0.15) is 0 Å². The highest BCUT2D eigenvalue weighted by molar-refractivity contribution is 7.21. The molecule has 4 aromatic carbocycles. The van der Waals surface area contributed by atoms with Gasteiger partial charge in [-0.25, -0.2) is 19.4 Å². The Kier molecular flexibility index (Phi) is 9.78. The molecule has 0 saturated carbocycles. The number of fused-ring (bicyclic) bond motifs is 1. The summed E-state index contributed by atoms with van der Waals surface area (Å²) in [6, 6.07) is 26.5. The number of hydrogen-bond acceptors (Lipinski definition) is 9. The molecule has 0 unspecified atom stereocenters. The number of esters is 3. The molecular weight excluding hydrogens is 578 g/mol. The van der Waals surface area contributed by atoms with Crippen molar-refractivity contribution in [3.8, 4) is 27.8 Å². The number of unbranched alkanes of at least 4 members (excludes halogenated alkanes) is 1. The van der Waals surface area contributed by atoms with Crippen LogP contribution in [0.5, 0.6) is 17.2 Å². The van der Waals surface area contributed by atoms with Gasteiger partial charge >= 0.3 is 17.9 Å². The molecule has 0 radical (unpaired) electrons. The molecule has 5 aromatic rings. The minimum atomic E-state index is -0.535. The van der Waals surface area contributed by atoms with Gasteiger partial charge in [0.25, 0.3) is 0 Å². The second-order valence-corrected chi connectivity index (χ2v) is 10.8. The Morgan fingerprint density at radius 3 is 2.20 bits per heavy atom. The summed E-state index contributed by atoms with van der Waals surface area (Å²) in [5, 5.41) is 0.895. The number of aryl methyl sites for hydroxylation is 1. The molecule has 0 aliphatic rings. The van der Waals surface area contributed by atoms with Gasteiger partial charge in [-0.1, -0.05) is 18.7 Å². The molecule has 8 nitrogen and oxygen atoms in total. The van der Waals surface area contributed by atoms with Crippen LogP contribution in [0.3, 0.4) is 0 Å². The van der Waals surface area contributed by atoms with Crippen molar-refractivity contribution in [2.24, 2.45) is 0 Å². The summed E-state index contributed by atoms with van der Waals surface area (Å²) in [6.45, 7) is 5.85. The van der Waals surface area contributed by atoms with E-state index >= 15 is 0 Å². The Balaban J connectivity index is 1.11. The van der Waals surface area contributed by atoms with Gasteiger partial charge in [-0.15, -0.1) is 11.3 Å². The monoisotopic (exact) mass is 607 g/mol.